The summed E-state index contributed by atoms with van der Waals surface area (Å²) in [5.41, 5.74) is 11.4. The molecule has 0 radical (unpaired) electrons. The summed E-state index contributed by atoms with van der Waals surface area (Å²) in [4.78, 5) is 3.92. The van der Waals surface area contributed by atoms with Crippen LogP contribution in [0.2, 0.25) is 0 Å². The van der Waals surface area contributed by atoms with Crippen molar-refractivity contribution >= 4 is 32.0 Å². The van der Waals surface area contributed by atoms with Crippen LogP contribution in [0.15, 0.2) is 39.6 Å². The van der Waals surface area contributed by atoms with E-state index in [0.717, 1.165) is 11.3 Å². The molecule has 0 spiro atoms. The molecule has 1 heterocycles. The predicted molar refractivity (Wildman–Crippen MR) is 62.8 cm³/mol. The van der Waals surface area contributed by atoms with Crippen LogP contribution in [0.5, 0.6) is 0 Å². The molecular formula is C9H9N3O2S2. The van der Waals surface area contributed by atoms with Crippen LogP contribution in [-0.2, 0) is 9.84 Å². The Bertz CT molecular complexity index is 602. The van der Waals surface area contributed by atoms with Crippen LogP contribution in [0.25, 0.3) is 0 Å². The fraction of sp³-hybridized carbons (Fsp3) is 0. The zero-order valence-electron chi connectivity index (χ0n) is 8.12. The van der Waals surface area contributed by atoms with Gasteiger partial charge in [0.25, 0.3) is 0 Å². The van der Waals surface area contributed by atoms with E-state index in [1.807, 2.05) is 0 Å². The van der Waals surface area contributed by atoms with Gasteiger partial charge in [-0.3, -0.25) is 0 Å². The molecule has 4 N–H and O–H groups in total. The van der Waals surface area contributed by atoms with Gasteiger partial charge in [0.1, 0.15) is 0 Å². The van der Waals surface area contributed by atoms with Gasteiger partial charge in [0.2, 0.25) is 9.84 Å². The molecule has 2 rings (SSSR count). The second kappa shape index (κ2) is 3.76. The topological polar surface area (TPSA) is 99.1 Å². The first kappa shape index (κ1) is 10.9. The minimum absolute atomic E-state index is 0.0280. The number of thiazole rings is 1. The highest BCUT2D eigenvalue weighted by atomic mass is 32.2. The second-order valence-electron chi connectivity index (χ2n) is 3.10. The number of benzene rings is 1. The normalized spacial score (nSPS) is 11.5. The highest BCUT2D eigenvalue weighted by Gasteiger charge is 2.20. The molecule has 16 heavy (non-hydrogen) atoms. The fourth-order valence-electron chi connectivity index (χ4n) is 1.16. The molecule has 0 saturated heterocycles. The lowest BCUT2D eigenvalue weighted by atomic mass is 10.3. The van der Waals surface area contributed by atoms with E-state index in [1.165, 1.54) is 29.6 Å². The summed E-state index contributed by atoms with van der Waals surface area (Å²) < 4.78 is 24.0. The first-order valence-corrected chi connectivity index (χ1v) is 6.68. The molecule has 0 aliphatic heterocycles. The Labute approximate surface area is 96.7 Å². The van der Waals surface area contributed by atoms with Crippen molar-refractivity contribution in [2.24, 2.45) is 0 Å². The molecule has 0 fully saturated rings. The van der Waals surface area contributed by atoms with Gasteiger partial charge in [0.15, 0.2) is 10.2 Å². The molecule has 84 valence electrons. The maximum Gasteiger partial charge on any atom is 0.224 e. The summed E-state index contributed by atoms with van der Waals surface area (Å²) in [5, 5.41) is 1.62. The minimum Gasteiger partial charge on any atom is -0.399 e. The molecule has 2 aromatic rings. The molecule has 1 aromatic carbocycles. The van der Waals surface area contributed by atoms with Crippen molar-refractivity contribution < 1.29 is 8.42 Å². The first-order chi connectivity index (χ1) is 7.50. The number of nitrogens with zero attached hydrogens (tertiary/aromatic N) is 1. The van der Waals surface area contributed by atoms with Gasteiger partial charge >= 0.3 is 0 Å². The van der Waals surface area contributed by atoms with Crippen LogP contribution in [0.4, 0.5) is 10.8 Å². The van der Waals surface area contributed by atoms with Gasteiger partial charge in [-0.15, -0.1) is 11.3 Å². The predicted octanol–water partition coefficient (Wildman–Crippen LogP) is 1.14. The monoisotopic (exact) mass is 255 g/mol. The standard InChI is InChI=1S/C9H9N3O2S2/c10-6-1-3-7(4-2-6)16(13,14)8-5-15-9(11)12-8/h1-5H,10H2,(H2,11,12). The molecule has 0 aliphatic rings. The van der Waals surface area contributed by atoms with Gasteiger partial charge in [0, 0.05) is 11.1 Å². The van der Waals surface area contributed by atoms with E-state index in [1.54, 1.807) is 0 Å². The molecule has 5 nitrogen and oxygen atoms in total. The third-order valence-corrected chi connectivity index (χ3v) is 4.44. The summed E-state index contributed by atoms with van der Waals surface area (Å²) in [7, 11) is -3.57. The molecule has 1 aromatic heterocycles. The number of sulfone groups is 1. The highest BCUT2D eigenvalue weighted by molar-refractivity contribution is 7.91. The van der Waals surface area contributed by atoms with E-state index in [0.29, 0.717) is 5.69 Å². The quantitative estimate of drug-likeness (QED) is 0.784. The van der Waals surface area contributed by atoms with E-state index < -0.39 is 9.84 Å². The van der Waals surface area contributed by atoms with Gasteiger partial charge in [0.05, 0.1) is 4.90 Å². The molecule has 0 bridgehead atoms. The summed E-state index contributed by atoms with van der Waals surface area (Å²) in [6, 6.07) is 5.95. The van der Waals surface area contributed by atoms with Crippen LogP contribution >= 0.6 is 11.3 Å². The molecule has 0 saturated carbocycles. The highest BCUT2D eigenvalue weighted by Crippen LogP contribution is 2.23. The minimum atomic E-state index is -3.57. The van der Waals surface area contributed by atoms with Crippen LogP contribution in [0, 0.1) is 0 Å². The molecule has 0 atom stereocenters. The van der Waals surface area contributed by atoms with Crippen molar-refractivity contribution in [2.75, 3.05) is 11.5 Å². The zero-order chi connectivity index (χ0) is 11.8. The third kappa shape index (κ3) is 1.86. The lowest BCUT2D eigenvalue weighted by molar-refractivity contribution is 0.593. The van der Waals surface area contributed by atoms with Gasteiger partial charge < -0.3 is 11.5 Å². The fourth-order valence-corrected chi connectivity index (χ4v) is 3.25. The second-order valence-corrected chi connectivity index (χ2v) is 5.88. The molecule has 0 amide bonds. The Morgan fingerprint density at radius 3 is 2.25 bits per heavy atom. The SMILES string of the molecule is Nc1ccc(S(=O)(=O)c2csc(N)n2)cc1. The van der Waals surface area contributed by atoms with Gasteiger partial charge in [-0.2, -0.15) is 0 Å². The van der Waals surface area contributed by atoms with Gasteiger partial charge in [-0.05, 0) is 24.3 Å². The number of aromatic nitrogens is 1. The van der Waals surface area contributed by atoms with Crippen molar-refractivity contribution in [2.45, 2.75) is 9.92 Å². The van der Waals surface area contributed by atoms with E-state index in [9.17, 15) is 8.42 Å². The largest absolute Gasteiger partial charge is 0.399 e. The molecule has 0 aliphatic carbocycles. The Hall–Kier alpha value is -1.60. The molecule has 0 unspecified atom stereocenters. The Kier molecular flexibility index (Phi) is 2.56. The van der Waals surface area contributed by atoms with E-state index in [4.69, 9.17) is 11.5 Å². The first-order valence-electron chi connectivity index (χ1n) is 4.32. The van der Waals surface area contributed by atoms with Crippen molar-refractivity contribution in [1.29, 1.82) is 0 Å². The number of anilines is 2. The smallest absolute Gasteiger partial charge is 0.224 e. The average Bonchev–Trinajstić information content (AvgIpc) is 2.66. The van der Waals surface area contributed by atoms with Gasteiger partial charge in [-0.1, -0.05) is 0 Å². The zero-order valence-corrected chi connectivity index (χ0v) is 9.75. The van der Waals surface area contributed by atoms with Crippen molar-refractivity contribution in [3.8, 4) is 0 Å². The maximum absolute atomic E-state index is 12.0. The number of rotatable bonds is 2. The van der Waals surface area contributed by atoms with E-state index >= 15 is 0 Å². The van der Waals surface area contributed by atoms with E-state index in [2.05, 4.69) is 4.98 Å². The van der Waals surface area contributed by atoms with Crippen LogP contribution in [-0.4, -0.2) is 13.4 Å². The Balaban J connectivity index is 2.51. The van der Waals surface area contributed by atoms with Crippen molar-refractivity contribution in [3.05, 3.63) is 29.6 Å². The lowest BCUT2D eigenvalue weighted by Gasteiger charge is -2.00. The lowest BCUT2D eigenvalue weighted by Crippen LogP contribution is -2.02. The summed E-state index contributed by atoms with van der Waals surface area (Å²) in [6.07, 6.45) is 0. The molecule has 7 heteroatoms. The number of nitrogens with two attached hydrogens (primary N) is 2. The maximum atomic E-state index is 12.0. The van der Waals surface area contributed by atoms with Crippen LogP contribution in [0.3, 0.4) is 0 Å². The Morgan fingerprint density at radius 1 is 1.12 bits per heavy atom. The van der Waals surface area contributed by atoms with Crippen LogP contribution < -0.4 is 11.5 Å². The summed E-state index contributed by atoms with van der Waals surface area (Å²) >= 11 is 1.09. The number of hydrogen-bond donors (Lipinski definition) is 2. The third-order valence-electron chi connectivity index (χ3n) is 1.97. The Morgan fingerprint density at radius 2 is 1.75 bits per heavy atom. The number of nitrogen functional groups attached to an aromatic ring is 2. The van der Waals surface area contributed by atoms with Crippen molar-refractivity contribution in [3.63, 3.8) is 0 Å². The van der Waals surface area contributed by atoms with Crippen molar-refractivity contribution in [1.82, 2.24) is 4.98 Å². The summed E-state index contributed by atoms with van der Waals surface area (Å²) in [6.45, 7) is 0. The van der Waals surface area contributed by atoms with Gasteiger partial charge in [-0.25, -0.2) is 13.4 Å². The van der Waals surface area contributed by atoms with E-state index in [-0.39, 0.29) is 15.1 Å². The molecular weight excluding hydrogens is 246 g/mol. The number of hydrogen-bond acceptors (Lipinski definition) is 6. The van der Waals surface area contributed by atoms with Crippen LogP contribution in [0.1, 0.15) is 0 Å². The average molecular weight is 255 g/mol. The summed E-state index contributed by atoms with van der Waals surface area (Å²) in [5.74, 6) is 0.